The van der Waals surface area contributed by atoms with Crippen molar-refractivity contribution in [3.63, 3.8) is 0 Å². The molecule has 0 spiro atoms. The predicted molar refractivity (Wildman–Crippen MR) is 468 cm³/mol. The fourth-order valence-electron chi connectivity index (χ4n) is 14.5. The molecule has 34 heteroatoms. The van der Waals surface area contributed by atoms with Crippen LogP contribution in [-0.4, -0.2) is 157 Å². The van der Waals surface area contributed by atoms with Crippen LogP contribution in [0, 0.1) is 25.7 Å². The Morgan fingerprint density at radius 3 is 1.34 bits per heavy atom. The SMILES string of the molecule is C.C.C.CC(C)(C)ON=O.CN(c1nc2cnc(Cl)nc2s1)C1CC(C)(C)NC(C)(C)C1.CNC1CC(C)(C)NC(C)(C)C1.Cc1cc(-c2ncc3nc(N(C)C4CC(C)(C)NC(C)(C)C4)sc3n2)cc2cn(C)nc12.Cc1cc(C)c2nn(C)cc2c1.Clc1ncc2nc(Br)sc2n1.Nc1nc2cnc(Cl)nc2s1. The van der Waals surface area contributed by atoms with E-state index in [1.165, 1.54) is 52.0 Å². The van der Waals surface area contributed by atoms with Crippen LogP contribution in [0.3, 0.4) is 0 Å². The van der Waals surface area contributed by atoms with Crippen molar-refractivity contribution in [2.24, 2.45) is 19.4 Å². The molecule has 26 nitrogen and oxygen atoms in total. The highest BCUT2D eigenvalue weighted by molar-refractivity contribution is 9.11. The number of aryl methyl sites for hydroxylation is 5. The summed E-state index contributed by atoms with van der Waals surface area (Å²) in [5, 5.41) is 31.2. The van der Waals surface area contributed by atoms with Crippen LogP contribution in [0.1, 0.15) is 181 Å². The summed E-state index contributed by atoms with van der Waals surface area (Å²) < 4.78 is 4.50. The number of thiazole rings is 4. The molecule has 15 rings (SSSR count). The van der Waals surface area contributed by atoms with E-state index < -0.39 is 5.60 Å². The Bertz CT molecular complexity index is 4940. The number of fused-ring (bicyclic) bond motifs is 6. The number of halogens is 4. The molecule has 0 atom stereocenters. The molecule has 3 saturated heterocycles. The van der Waals surface area contributed by atoms with Crippen LogP contribution >= 0.6 is 96.1 Å². The van der Waals surface area contributed by atoms with Crippen molar-refractivity contribution in [3.05, 3.63) is 103 Å². The topological polar surface area (TPSA) is 310 Å². The molecule has 12 aromatic rings. The van der Waals surface area contributed by atoms with Crippen LogP contribution in [0.5, 0.6) is 0 Å². The molecule has 10 aromatic heterocycles. The van der Waals surface area contributed by atoms with Gasteiger partial charge in [-0.2, -0.15) is 10.2 Å². The Balaban J connectivity index is 0.000000212. The van der Waals surface area contributed by atoms with E-state index in [0.29, 0.717) is 28.8 Å². The van der Waals surface area contributed by atoms with Crippen molar-refractivity contribution in [3.8, 4) is 11.4 Å². The van der Waals surface area contributed by atoms with Crippen LogP contribution in [-0.2, 0) is 18.9 Å². The third kappa shape index (κ3) is 25.6. The van der Waals surface area contributed by atoms with Gasteiger partial charge in [0.15, 0.2) is 30.5 Å². The number of benzene rings is 2. The Morgan fingerprint density at radius 2 is 0.918 bits per heavy atom. The van der Waals surface area contributed by atoms with Gasteiger partial charge in [-0.05, 0) is 250 Å². The molecule has 0 unspecified atom stereocenters. The summed E-state index contributed by atoms with van der Waals surface area (Å²) in [7, 11) is 10.2. The summed E-state index contributed by atoms with van der Waals surface area (Å²) in [5.74, 6) is 0.730. The number of hydrogen-bond donors (Lipinski definition) is 5. The average Bonchev–Trinajstić information content (AvgIpc) is 1.57. The van der Waals surface area contributed by atoms with Crippen molar-refractivity contribution >= 4 is 175 Å². The minimum Gasteiger partial charge on any atom is -0.375 e. The first-order chi connectivity index (χ1) is 49.7. The van der Waals surface area contributed by atoms with Crippen LogP contribution in [0.2, 0.25) is 15.9 Å². The van der Waals surface area contributed by atoms with Crippen molar-refractivity contribution in [1.82, 2.24) is 101 Å². The first kappa shape index (κ1) is 92.1. The summed E-state index contributed by atoms with van der Waals surface area (Å²) in [6.07, 6.45) is 17.5. The number of nitrogen functional groups attached to an aromatic ring is 1. The van der Waals surface area contributed by atoms with Crippen molar-refractivity contribution in [2.75, 3.05) is 36.7 Å². The average molecular weight is 1710 g/mol. The van der Waals surface area contributed by atoms with E-state index in [4.69, 9.17) is 50.5 Å². The summed E-state index contributed by atoms with van der Waals surface area (Å²) in [6, 6.07) is 10.1. The van der Waals surface area contributed by atoms with Gasteiger partial charge in [0.1, 0.15) is 47.0 Å². The van der Waals surface area contributed by atoms with Crippen LogP contribution < -0.4 is 36.8 Å². The largest absolute Gasteiger partial charge is 0.375 e. The zero-order valence-corrected chi connectivity index (χ0v) is 72.4. The molecule has 0 radical (unpaired) electrons. The van der Waals surface area contributed by atoms with Crippen molar-refractivity contribution in [1.29, 1.82) is 0 Å². The molecular weight excluding hydrogens is 1600 g/mol. The second-order valence-corrected chi connectivity index (χ2v) is 38.6. The van der Waals surface area contributed by atoms with E-state index in [9.17, 15) is 4.91 Å². The van der Waals surface area contributed by atoms with E-state index in [1.807, 2.05) is 35.9 Å². The van der Waals surface area contributed by atoms with Gasteiger partial charge in [-0.1, -0.05) is 79.3 Å². The minimum atomic E-state index is -0.429. The molecule has 2 aromatic carbocycles. The van der Waals surface area contributed by atoms with Crippen molar-refractivity contribution in [2.45, 2.75) is 242 Å². The Kier molecular flexibility index (Phi) is 31.0. The highest BCUT2D eigenvalue weighted by Crippen LogP contribution is 2.39. The molecule has 600 valence electrons. The van der Waals surface area contributed by atoms with Gasteiger partial charge >= 0.3 is 0 Å². The first-order valence-corrected chi connectivity index (χ1v) is 40.2. The second-order valence-electron chi connectivity index (χ2n) is 32.4. The lowest BCUT2D eigenvalue weighted by Crippen LogP contribution is -2.61. The van der Waals surface area contributed by atoms with E-state index in [0.717, 1.165) is 109 Å². The summed E-state index contributed by atoms with van der Waals surface area (Å²) in [4.78, 5) is 72.4. The maximum atomic E-state index is 9.35. The third-order valence-electron chi connectivity index (χ3n) is 17.7. The highest BCUT2D eigenvalue weighted by atomic mass is 79.9. The van der Waals surface area contributed by atoms with Gasteiger partial charge < -0.3 is 41.6 Å². The highest BCUT2D eigenvalue weighted by Gasteiger charge is 2.42. The molecule has 3 aliphatic rings. The van der Waals surface area contributed by atoms with Gasteiger partial charge in [0.05, 0.1) is 35.8 Å². The molecule has 0 aliphatic carbocycles. The number of nitrogens with two attached hydrogens (primary N) is 1. The molecule has 6 N–H and O–H groups in total. The van der Waals surface area contributed by atoms with E-state index in [-0.39, 0.29) is 71.4 Å². The number of piperidine rings is 3. The monoisotopic (exact) mass is 1700 g/mol. The van der Waals surface area contributed by atoms with Gasteiger partial charge in [0.2, 0.25) is 15.9 Å². The van der Waals surface area contributed by atoms with Gasteiger partial charge in [-0.15, -0.1) is 4.91 Å². The standard InChI is InChI=1S/C24H31N7S.C15H22ClN5S.C10H12N2.C10H22N2.C5HBrClN3S.C5H3ClN4S.C4H9NO2.3CH4/c1-14-8-15(9-16-13-30(6)28-19(14)16)20-25-12-18-21(27-20)32-22(26-18)31(7)17-10-23(2,3)29-24(4,5)11-17;1-14(2)6-9(7-15(3,4)20-14)21(5)13-18-10-8-17-12(16)19-11(10)22-13;1-7-4-8(2)10-9(5-7)6-12(3)11-10;1-9(2)6-8(11-5)7-10(3,4)12-9;6-4-9-2-1-8-5(7)10-3(2)11-4;6-4-8-1-2-3(10-4)11-5(7)9-2;1-4(2,3)7-5-6;;;/h8-9,12-13,17,29H,10-11H2,1-7H3;8-9,20H,6-7H2,1-5H3;4-6H,1-3H3;8,11-12H,6-7H2,1-5H3;1H;1H,(H2,7,9);1-3H3;3*1H4. The quantitative estimate of drug-likeness (QED) is 0.0562. The second kappa shape index (κ2) is 37.0. The zero-order chi connectivity index (χ0) is 78.7. The maximum absolute atomic E-state index is 9.35. The number of hydrogen-bond acceptors (Lipinski definition) is 28. The number of rotatable bonds is 7. The smallest absolute Gasteiger partial charge is 0.223 e. The van der Waals surface area contributed by atoms with E-state index in [1.54, 1.807) is 62.0 Å². The number of nitrogens with zero attached hydrogens (tertiary/aromatic N) is 19. The molecule has 13 heterocycles. The fourth-order valence-corrected chi connectivity index (χ4v) is 18.9. The van der Waals surface area contributed by atoms with E-state index >= 15 is 0 Å². The summed E-state index contributed by atoms with van der Waals surface area (Å²) in [6.45, 7) is 38.9. The molecular formula is C76H112BrCl3N24O2S4. The number of nitrogens with one attached hydrogen (secondary N) is 4. The Morgan fingerprint density at radius 1 is 0.545 bits per heavy atom. The zero-order valence-electron chi connectivity index (χ0n) is 65.3. The van der Waals surface area contributed by atoms with Crippen LogP contribution in [0.15, 0.2) is 70.7 Å². The lowest BCUT2D eigenvalue weighted by atomic mass is 9.79. The van der Waals surface area contributed by atoms with Gasteiger partial charge in [0.25, 0.3) is 0 Å². The molecule has 3 fully saturated rings. The normalized spacial score (nSPS) is 16.8. The summed E-state index contributed by atoms with van der Waals surface area (Å²) in [5.41, 5.74) is 15.9. The molecule has 0 amide bonds. The molecule has 3 aliphatic heterocycles. The van der Waals surface area contributed by atoms with Gasteiger partial charge in [0, 0.05) is 108 Å². The minimum absolute atomic E-state index is 0. The predicted octanol–water partition coefficient (Wildman–Crippen LogP) is 19.1. The van der Waals surface area contributed by atoms with Crippen LogP contribution in [0.25, 0.3) is 74.6 Å². The Labute approximate surface area is 687 Å². The Hall–Kier alpha value is -6.75. The van der Waals surface area contributed by atoms with Gasteiger partial charge in [-0.25, -0.2) is 59.8 Å². The number of aromatic nitrogens is 16. The summed E-state index contributed by atoms with van der Waals surface area (Å²) >= 11 is 26.2. The lowest BCUT2D eigenvalue weighted by molar-refractivity contribution is -0.00230. The number of anilines is 3. The van der Waals surface area contributed by atoms with Gasteiger partial charge in [-0.3, -0.25) is 9.36 Å². The fraction of sp³-hybridized carbons (Fsp3) is 0.553. The van der Waals surface area contributed by atoms with E-state index in [2.05, 4.69) is 273 Å². The maximum Gasteiger partial charge on any atom is 0.223 e. The molecule has 0 bridgehead atoms. The lowest BCUT2D eigenvalue weighted by Gasteiger charge is -2.48. The molecule has 0 saturated carbocycles. The third-order valence-corrected chi connectivity index (χ3v) is 22.5. The first-order valence-electron chi connectivity index (χ1n) is 35.0. The van der Waals surface area contributed by atoms with Crippen molar-refractivity contribution < 1.29 is 4.84 Å². The van der Waals surface area contributed by atoms with Crippen LogP contribution in [0.4, 0.5) is 15.4 Å². The molecule has 110 heavy (non-hydrogen) atoms.